The van der Waals surface area contributed by atoms with Gasteiger partial charge in [0.25, 0.3) is 0 Å². The molecule has 3 amide bonds. The Hall–Kier alpha value is -3.87. The van der Waals surface area contributed by atoms with Crippen molar-refractivity contribution in [3.05, 3.63) is 71.9 Å². The minimum Gasteiger partial charge on any atom is -0.465 e. The Bertz CT molecular complexity index is 1160. The van der Waals surface area contributed by atoms with E-state index in [1.165, 1.54) is 0 Å². The van der Waals surface area contributed by atoms with Crippen molar-refractivity contribution in [3.8, 4) is 22.4 Å². The first-order valence-corrected chi connectivity index (χ1v) is 10.3. The third-order valence-corrected chi connectivity index (χ3v) is 6.12. The second-order valence-electron chi connectivity index (χ2n) is 8.00. The first-order valence-electron chi connectivity index (χ1n) is 10.3. The Labute approximate surface area is 179 Å². The molecule has 7 nitrogen and oxygen atoms in total. The predicted molar refractivity (Wildman–Crippen MR) is 118 cm³/mol. The van der Waals surface area contributed by atoms with E-state index in [1.54, 1.807) is 0 Å². The van der Waals surface area contributed by atoms with E-state index < -0.39 is 11.6 Å². The number of nitrogens with zero attached hydrogens (tertiary/aromatic N) is 1. The Morgan fingerprint density at radius 3 is 2.42 bits per heavy atom. The lowest BCUT2D eigenvalue weighted by molar-refractivity contribution is 0.144. The number of nitrogens with one attached hydrogen (secondary N) is 3. The summed E-state index contributed by atoms with van der Waals surface area (Å²) in [5.41, 5.74) is 5.66. The molecule has 1 aliphatic heterocycles. The van der Waals surface area contributed by atoms with Gasteiger partial charge < -0.3 is 21.1 Å². The molecule has 1 aliphatic carbocycles. The standard InChI is InChI=1S/C24H22N4O3/c29-22-25-14-20-19(27-22)13-18(15-5-2-1-3-6-15)21(26-20)16-7-9-17(10-8-16)24(11-4-12-24)28-23(30)31/h1-3,5-10,13,28H,4,11-12,14H2,(H,30,31)(H2,25,27,29). The van der Waals surface area contributed by atoms with Gasteiger partial charge in [-0.1, -0.05) is 54.6 Å². The van der Waals surface area contributed by atoms with Crippen molar-refractivity contribution in [2.24, 2.45) is 0 Å². The molecule has 0 radical (unpaired) electrons. The molecule has 156 valence electrons. The molecule has 1 aromatic heterocycles. The van der Waals surface area contributed by atoms with Gasteiger partial charge >= 0.3 is 12.1 Å². The van der Waals surface area contributed by atoms with Gasteiger partial charge in [0.05, 0.1) is 29.2 Å². The summed E-state index contributed by atoms with van der Waals surface area (Å²) in [5.74, 6) is 0. The van der Waals surface area contributed by atoms with Crippen LogP contribution in [0, 0.1) is 0 Å². The lowest BCUT2D eigenvalue weighted by Gasteiger charge is -2.42. The van der Waals surface area contributed by atoms with Gasteiger partial charge in [-0.15, -0.1) is 0 Å². The fraction of sp³-hybridized carbons (Fsp3) is 0.208. The average Bonchev–Trinajstić information content (AvgIpc) is 2.76. The molecule has 2 aliphatic rings. The molecule has 1 saturated carbocycles. The molecule has 0 atom stereocenters. The summed E-state index contributed by atoms with van der Waals surface area (Å²) in [5, 5.41) is 17.5. The van der Waals surface area contributed by atoms with Crippen LogP contribution in [0.3, 0.4) is 0 Å². The first kappa shape index (κ1) is 19.1. The molecular formula is C24H22N4O3. The van der Waals surface area contributed by atoms with Crippen molar-refractivity contribution in [2.45, 2.75) is 31.3 Å². The zero-order valence-electron chi connectivity index (χ0n) is 16.8. The molecule has 31 heavy (non-hydrogen) atoms. The Balaban J connectivity index is 1.58. The van der Waals surface area contributed by atoms with E-state index >= 15 is 0 Å². The molecule has 0 saturated heterocycles. The molecule has 1 fully saturated rings. The lowest BCUT2D eigenvalue weighted by Crippen LogP contribution is -2.50. The van der Waals surface area contributed by atoms with Gasteiger partial charge in [-0.2, -0.15) is 0 Å². The third kappa shape index (κ3) is 3.48. The summed E-state index contributed by atoms with van der Waals surface area (Å²) >= 11 is 0. The molecule has 3 aromatic rings. The van der Waals surface area contributed by atoms with Crippen molar-refractivity contribution in [1.29, 1.82) is 0 Å². The van der Waals surface area contributed by atoms with Crippen LogP contribution >= 0.6 is 0 Å². The van der Waals surface area contributed by atoms with Crippen molar-refractivity contribution in [3.63, 3.8) is 0 Å². The molecule has 5 rings (SSSR count). The van der Waals surface area contributed by atoms with Crippen LogP contribution in [0.5, 0.6) is 0 Å². The van der Waals surface area contributed by atoms with Crippen molar-refractivity contribution in [1.82, 2.24) is 15.6 Å². The number of amides is 3. The van der Waals surface area contributed by atoms with Gasteiger partial charge in [-0.3, -0.25) is 0 Å². The number of aromatic nitrogens is 1. The molecule has 2 heterocycles. The van der Waals surface area contributed by atoms with Gasteiger partial charge in [0, 0.05) is 11.1 Å². The summed E-state index contributed by atoms with van der Waals surface area (Å²) in [6.07, 6.45) is 1.61. The third-order valence-electron chi connectivity index (χ3n) is 6.12. The van der Waals surface area contributed by atoms with E-state index in [0.29, 0.717) is 12.2 Å². The highest BCUT2D eigenvalue weighted by atomic mass is 16.4. The lowest BCUT2D eigenvalue weighted by atomic mass is 9.71. The number of benzene rings is 2. The van der Waals surface area contributed by atoms with Crippen LogP contribution in [-0.4, -0.2) is 22.2 Å². The van der Waals surface area contributed by atoms with Gasteiger partial charge in [-0.25, -0.2) is 14.6 Å². The van der Waals surface area contributed by atoms with Gasteiger partial charge in [0.15, 0.2) is 0 Å². The topological polar surface area (TPSA) is 103 Å². The van der Waals surface area contributed by atoms with Crippen LogP contribution in [0.15, 0.2) is 60.7 Å². The maximum Gasteiger partial charge on any atom is 0.405 e. The second-order valence-corrected chi connectivity index (χ2v) is 8.00. The number of hydrogen-bond donors (Lipinski definition) is 4. The fourth-order valence-electron chi connectivity index (χ4n) is 4.35. The van der Waals surface area contributed by atoms with Gasteiger partial charge in [0.2, 0.25) is 0 Å². The average molecular weight is 414 g/mol. The van der Waals surface area contributed by atoms with Gasteiger partial charge in [0.1, 0.15) is 0 Å². The van der Waals surface area contributed by atoms with E-state index in [0.717, 1.165) is 52.9 Å². The molecule has 7 heteroatoms. The zero-order valence-corrected chi connectivity index (χ0v) is 16.8. The number of carbonyl (C=O) groups is 2. The summed E-state index contributed by atoms with van der Waals surface area (Å²) in [6.45, 7) is 0.368. The van der Waals surface area contributed by atoms with Crippen LogP contribution in [-0.2, 0) is 12.1 Å². The quantitative estimate of drug-likeness (QED) is 0.497. The fourth-order valence-corrected chi connectivity index (χ4v) is 4.35. The summed E-state index contributed by atoms with van der Waals surface area (Å²) in [4.78, 5) is 27.9. The van der Waals surface area contributed by atoms with Crippen LogP contribution < -0.4 is 16.0 Å². The molecule has 2 aromatic carbocycles. The number of rotatable bonds is 4. The predicted octanol–water partition coefficient (Wildman–Crippen LogP) is 4.70. The largest absolute Gasteiger partial charge is 0.465 e. The smallest absolute Gasteiger partial charge is 0.405 e. The normalized spacial score (nSPS) is 16.3. The Morgan fingerprint density at radius 2 is 1.77 bits per heavy atom. The maximum absolute atomic E-state index is 11.8. The Morgan fingerprint density at radius 1 is 1.03 bits per heavy atom. The molecule has 4 N–H and O–H groups in total. The molecule has 0 unspecified atom stereocenters. The maximum atomic E-state index is 11.8. The summed E-state index contributed by atoms with van der Waals surface area (Å²) in [7, 11) is 0. The van der Waals surface area contributed by atoms with Crippen molar-refractivity contribution in [2.75, 3.05) is 5.32 Å². The number of carbonyl (C=O) groups excluding carboxylic acids is 1. The van der Waals surface area contributed by atoms with E-state index in [4.69, 9.17) is 4.98 Å². The highest BCUT2D eigenvalue weighted by Gasteiger charge is 2.40. The first-order chi connectivity index (χ1) is 15.0. The summed E-state index contributed by atoms with van der Waals surface area (Å²) in [6, 6.07) is 19.6. The van der Waals surface area contributed by atoms with Crippen LogP contribution in [0.1, 0.15) is 30.5 Å². The molecule has 0 bridgehead atoms. The Kier molecular flexibility index (Phi) is 4.58. The number of urea groups is 1. The molecular weight excluding hydrogens is 392 g/mol. The van der Waals surface area contributed by atoms with E-state index in [-0.39, 0.29) is 6.03 Å². The zero-order chi connectivity index (χ0) is 21.4. The number of fused-ring (bicyclic) bond motifs is 1. The highest BCUT2D eigenvalue weighted by Crippen LogP contribution is 2.42. The second kappa shape index (κ2) is 7.43. The van der Waals surface area contributed by atoms with E-state index in [2.05, 4.69) is 16.0 Å². The molecule has 0 spiro atoms. The minimum absolute atomic E-state index is 0.234. The SMILES string of the molecule is O=C(O)NC1(c2ccc(-c3nc4c(cc3-c3ccccc3)NC(=O)NC4)cc2)CCC1. The number of anilines is 1. The monoisotopic (exact) mass is 414 g/mol. The summed E-state index contributed by atoms with van der Waals surface area (Å²) < 4.78 is 0. The van der Waals surface area contributed by atoms with Crippen LogP contribution in [0.25, 0.3) is 22.4 Å². The minimum atomic E-state index is -0.999. The van der Waals surface area contributed by atoms with E-state index in [9.17, 15) is 14.7 Å². The number of pyridine rings is 1. The van der Waals surface area contributed by atoms with Crippen LogP contribution in [0.2, 0.25) is 0 Å². The van der Waals surface area contributed by atoms with E-state index in [1.807, 2.05) is 60.7 Å². The van der Waals surface area contributed by atoms with Gasteiger partial charge in [-0.05, 0) is 36.5 Å². The van der Waals surface area contributed by atoms with Crippen LogP contribution in [0.4, 0.5) is 15.3 Å². The highest BCUT2D eigenvalue weighted by molar-refractivity contribution is 5.94. The number of hydrogen-bond acceptors (Lipinski definition) is 3. The van der Waals surface area contributed by atoms with Crippen molar-refractivity contribution >= 4 is 17.8 Å². The number of carboxylic acid groups (broad SMARTS) is 1. The van der Waals surface area contributed by atoms with Crippen molar-refractivity contribution < 1.29 is 14.7 Å².